The van der Waals surface area contributed by atoms with Crippen molar-refractivity contribution < 1.29 is 4.79 Å². The maximum atomic E-state index is 12.4. The minimum absolute atomic E-state index is 0.0702. The highest BCUT2D eigenvalue weighted by molar-refractivity contribution is 5.97. The van der Waals surface area contributed by atoms with Crippen LogP contribution in [0.3, 0.4) is 0 Å². The summed E-state index contributed by atoms with van der Waals surface area (Å²) < 4.78 is 0. The van der Waals surface area contributed by atoms with Crippen LogP contribution in [0.1, 0.15) is 32.3 Å². The van der Waals surface area contributed by atoms with Gasteiger partial charge in [-0.1, -0.05) is 38.1 Å². The van der Waals surface area contributed by atoms with Crippen molar-refractivity contribution >= 4 is 22.5 Å². The van der Waals surface area contributed by atoms with E-state index in [4.69, 9.17) is 0 Å². The predicted molar refractivity (Wildman–Crippen MR) is 101 cm³/mol. The fraction of sp³-hybridized carbons (Fsp3) is 0.286. The molecule has 0 saturated heterocycles. The van der Waals surface area contributed by atoms with Crippen LogP contribution in [0.2, 0.25) is 0 Å². The van der Waals surface area contributed by atoms with Gasteiger partial charge in [-0.05, 0) is 54.5 Å². The Labute approximate surface area is 143 Å². The molecule has 0 unspecified atom stereocenters. The Hall–Kier alpha value is -2.55. The van der Waals surface area contributed by atoms with Crippen LogP contribution >= 0.6 is 0 Å². The Morgan fingerprint density at radius 1 is 1.12 bits per heavy atom. The van der Waals surface area contributed by atoms with Crippen molar-refractivity contribution in [3.8, 4) is 11.1 Å². The van der Waals surface area contributed by atoms with Crippen LogP contribution in [0, 0.1) is 12.8 Å². The molecule has 3 rings (SSSR count). The van der Waals surface area contributed by atoms with E-state index in [1.54, 1.807) is 0 Å². The fourth-order valence-electron chi connectivity index (χ4n) is 3.24. The van der Waals surface area contributed by atoms with Gasteiger partial charge >= 0.3 is 0 Å². The summed E-state index contributed by atoms with van der Waals surface area (Å²) in [5, 5.41) is 4.28. The van der Waals surface area contributed by atoms with Crippen molar-refractivity contribution in [2.24, 2.45) is 5.92 Å². The number of amides is 1. The lowest BCUT2D eigenvalue weighted by Crippen LogP contribution is -2.21. The quantitative estimate of drug-likeness (QED) is 0.639. The summed E-state index contributed by atoms with van der Waals surface area (Å²) in [6.45, 7) is 6.17. The van der Waals surface area contributed by atoms with Gasteiger partial charge in [-0.3, -0.25) is 4.79 Å². The van der Waals surface area contributed by atoms with Crippen LogP contribution in [0.25, 0.3) is 22.0 Å². The second kappa shape index (κ2) is 6.91. The summed E-state index contributed by atoms with van der Waals surface area (Å²) in [5.74, 6) is 0.176. The number of aromatic amines is 1. The molecule has 2 aromatic carbocycles. The number of H-pyrrole nitrogens is 1. The molecular formula is C21H24N2O. The van der Waals surface area contributed by atoms with Gasteiger partial charge in [-0.25, -0.2) is 0 Å². The van der Waals surface area contributed by atoms with E-state index in [1.807, 2.05) is 12.3 Å². The standard InChI is InChI=1S/C21H24N2O/c1-4-15(5-2)21(24)23-18-12-14(3)11-17(13-18)19-8-6-7-16-9-10-22-20(16)19/h6-13,15,22H,4-5H2,1-3H3,(H,23,24). The van der Waals surface area contributed by atoms with E-state index < -0.39 is 0 Å². The number of aryl methyl sites for hydroxylation is 1. The smallest absolute Gasteiger partial charge is 0.227 e. The van der Waals surface area contributed by atoms with Gasteiger partial charge in [0.15, 0.2) is 0 Å². The molecule has 0 bridgehead atoms. The number of carbonyl (C=O) groups excluding carboxylic acids is 1. The zero-order valence-corrected chi connectivity index (χ0v) is 14.5. The molecule has 0 atom stereocenters. The van der Waals surface area contributed by atoms with E-state index >= 15 is 0 Å². The van der Waals surface area contributed by atoms with E-state index in [0.717, 1.165) is 40.7 Å². The number of hydrogen-bond donors (Lipinski definition) is 2. The summed E-state index contributed by atoms with van der Waals surface area (Å²) >= 11 is 0. The zero-order chi connectivity index (χ0) is 17.1. The van der Waals surface area contributed by atoms with Gasteiger partial charge < -0.3 is 10.3 Å². The summed E-state index contributed by atoms with van der Waals surface area (Å²) in [4.78, 5) is 15.7. The largest absolute Gasteiger partial charge is 0.361 e. The third kappa shape index (κ3) is 3.21. The number of aromatic nitrogens is 1. The third-order valence-electron chi connectivity index (χ3n) is 4.60. The Kier molecular flexibility index (Phi) is 4.70. The summed E-state index contributed by atoms with van der Waals surface area (Å²) in [5.41, 5.74) is 5.39. The van der Waals surface area contributed by atoms with Gasteiger partial charge in [0.25, 0.3) is 0 Å². The molecule has 0 aliphatic rings. The summed E-state index contributed by atoms with van der Waals surface area (Å²) in [7, 11) is 0. The van der Waals surface area contributed by atoms with Crippen LogP contribution in [0.5, 0.6) is 0 Å². The van der Waals surface area contributed by atoms with Crippen LogP contribution < -0.4 is 5.32 Å². The maximum absolute atomic E-state index is 12.4. The van der Waals surface area contributed by atoms with E-state index in [9.17, 15) is 4.79 Å². The first-order chi connectivity index (χ1) is 11.6. The molecule has 1 aromatic heterocycles. The lowest BCUT2D eigenvalue weighted by molar-refractivity contribution is -0.120. The number of hydrogen-bond acceptors (Lipinski definition) is 1. The number of fused-ring (bicyclic) bond motifs is 1. The highest BCUT2D eigenvalue weighted by Gasteiger charge is 2.15. The molecule has 0 spiro atoms. The molecule has 0 fully saturated rings. The summed E-state index contributed by atoms with van der Waals surface area (Å²) in [6.07, 6.45) is 3.69. The number of nitrogens with one attached hydrogen (secondary N) is 2. The van der Waals surface area contributed by atoms with Gasteiger partial charge in [0.1, 0.15) is 0 Å². The molecule has 1 heterocycles. The molecule has 0 aliphatic carbocycles. The number of anilines is 1. The average Bonchev–Trinajstić information content (AvgIpc) is 3.04. The topological polar surface area (TPSA) is 44.9 Å². The van der Waals surface area contributed by atoms with E-state index in [1.165, 1.54) is 5.39 Å². The van der Waals surface area contributed by atoms with Crippen molar-refractivity contribution in [3.05, 3.63) is 54.2 Å². The van der Waals surface area contributed by atoms with Crippen LogP contribution in [-0.2, 0) is 4.79 Å². The second-order valence-electron chi connectivity index (χ2n) is 6.34. The van der Waals surface area contributed by atoms with Gasteiger partial charge in [0.05, 0.1) is 5.52 Å². The van der Waals surface area contributed by atoms with Crippen LogP contribution in [0.15, 0.2) is 48.7 Å². The SMILES string of the molecule is CCC(CC)C(=O)Nc1cc(C)cc(-c2cccc3cc[nH]c23)c1. The number of rotatable bonds is 5. The van der Waals surface area contributed by atoms with Crippen molar-refractivity contribution in [1.29, 1.82) is 0 Å². The van der Waals surface area contributed by atoms with Crippen LogP contribution in [-0.4, -0.2) is 10.9 Å². The van der Waals surface area contributed by atoms with Crippen molar-refractivity contribution in [3.63, 3.8) is 0 Å². The molecule has 0 aliphatic heterocycles. The van der Waals surface area contributed by atoms with Gasteiger partial charge in [-0.2, -0.15) is 0 Å². The van der Waals surface area contributed by atoms with Crippen molar-refractivity contribution in [2.75, 3.05) is 5.32 Å². The Bertz CT molecular complexity index is 859. The maximum Gasteiger partial charge on any atom is 0.227 e. The Balaban J connectivity index is 1.98. The first-order valence-electron chi connectivity index (χ1n) is 8.61. The van der Waals surface area contributed by atoms with E-state index in [0.29, 0.717) is 0 Å². The minimum atomic E-state index is 0.0702. The minimum Gasteiger partial charge on any atom is -0.361 e. The lowest BCUT2D eigenvalue weighted by Gasteiger charge is -2.14. The third-order valence-corrected chi connectivity index (χ3v) is 4.60. The second-order valence-corrected chi connectivity index (χ2v) is 6.34. The molecule has 124 valence electrons. The molecule has 3 nitrogen and oxygen atoms in total. The molecular weight excluding hydrogens is 296 g/mol. The molecule has 0 saturated carbocycles. The first kappa shape index (κ1) is 16.3. The van der Waals surface area contributed by atoms with E-state index in [-0.39, 0.29) is 11.8 Å². The number of carbonyl (C=O) groups is 1. The predicted octanol–water partition coefficient (Wildman–Crippen LogP) is 5.52. The zero-order valence-electron chi connectivity index (χ0n) is 14.5. The normalized spacial score (nSPS) is 11.2. The highest BCUT2D eigenvalue weighted by atomic mass is 16.1. The highest BCUT2D eigenvalue weighted by Crippen LogP contribution is 2.30. The van der Waals surface area contributed by atoms with Gasteiger partial charge in [0.2, 0.25) is 5.91 Å². The molecule has 1 amide bonds. The van der Waals surface area contributed by atoms with E-state index in [2.05, 4.69) is 67.5 Å². The Morgan fingerprint density at radius 3 is 2.67 bits per heavy atom. The molecule has 3 heteroatoms. The average molecular weight is 320 g/mol. The van der Waals surface area contributed by atoms with Gasteiger partial charge in [0, 0.05) is 23.4 Å². The first-order valence-corrected chi connectivity index (χ1v) is 8.61. The van der Waals surface area contributed by atoms with Crippen molar-refractivity contribution in [2.45, 2.75) is 33.6 Å². The monoisotopic (exact) mass is 320 g/mol. The number of para-hydroxylation sites is 1. The number of benzene rings is 2. The lowest BCUT2D eigenvalue weighted by atomic mass is 9.99. The molecule has 2 N–H and O–H groups in total. The molecule has 24 heavy (non-hydrogen) atoms. The fourth-order valence-corrected chi connectivity index (χ4v) is 3.24. The van der Waals surface area contributed by atoms with Gasteiger partial charge in [-0.15, -0.1) is 0 Å². The molecule has 3 aromatic rings. The van der Waals surface area contributed by atoms with Crippen LogP contribution in [0.4, 0.5) is 5.69 Å². The Morgan fingerprint density at radius 2 is 1.92 bits per heavy atom. The molecule has 0 radical (unpaired) electrons. The van der Waals surface area contributed by atoms with Crippen molar-refractivity contribution in [1.82, 2.24) is 4.98 Å². The summed E-state index contributed by atoms with van der Waals surface area (Å²) in [6, 6.07) is 14.6.